The van der Waals surface area contributed by atoms with Crippen molar-refractivity contribution < 1.29 is 0 Å². The Kier molecular flexibility index (Phi) is 8.52. The van der Waals surface area contributed by atoms with Crippen molar-refractivity contribution in [3.05, 3.63) is 241 Å². The van der Waals surface area contributed by atoms with E-state index in [4.69, 9.17) is 0 Å². The zero-order valence-corrected chi connectivity index (χ0v) is 38.2. The minimum atomic E-state index is -0.148. The summed E-state index contributed by atoms with van der Waals surface area (Å²) in [4.78, 5) is 2.52. The van der Waals surface area contributed by atoms with Gasteiger partial charge in [0, 0.05) is 22.5 Å². The summed E-state index contributed by atoms with van der Waals surface area (Å²) in [5.74, 6) is 0. The van der Waals surface area contributed by atoms with Gasteiger partial charge in [-0.25, -0.2) is 0 Å². The number of nitrogens with zero attached hydrogens (tertiary/aromatic N) is 1. The Balaban J connectivity index is 1.09. The number of allylic oxidation sites excluding steroid dienone is 4. The molecular formula is C67H47N. The van der Waals surface area contributed by atoms with Crippen LogP contribution in [0.25, 0.3) is 104 Å². The summed E-state index contributed by atoms with van der Waals surface area (Å²) in [7, 11) is 0. The highest BCUT2D eigenvalue weighted by Gasteiger charge is 2.36. The van der Waals surface area contributed by atoms with Crippen molar-refractivity contribution in [2.45, 2.75) is 32.1 Å². The zero-order chi connectivity index (χ0) is 45.1. The van der Waals surface area contributed by atoms with Crippen molar-refractivity contribution in [3.8, 4) is 33.4 Å². The molecule has 0 N–H and O–H groups in total. The smallest absolute Gasteiger partial charge is 0.0473 e. The van der Waals surface area contributed by atoms with E-state index >= 15 is 0 Å². The molecule has 1 heteroatoms. The second-order valence-electron chi connectivity index (χ2n) is 19.5. The fraction of sp³-hybridized carbons (Fsp3) is 0.0746. The van der Waals surface area contributed by atoms with Gasteiger partial charge in [0.05, 0.1) is 0 Å². The third-order valence-corrected chi connectivity index (χ3v) is 15.4. The van der Waals surface area contributed by atoms with Gasteiger partial charge in [-0.3, -0.25) is 0 Å². The van der Waals surface area contributed by atoms with Gasteiger partial charge in [-0.2, -0.15) is 0 Å². The molecule has 0 fully saturated rings. The quantitative estimate of drug-likeness (QED) is 0.151. The van der Waals surface area contributed by atoms with Gasteiger partial charge in [-0.15, -0.1) is 0 Å². The number of fused-ring (bicyclic) bond motifs is 9. The topological polar surface area (TPSA) is 3.24 Å². The molecule has 12 aromatic carbocycles. The van der Waals surface area contributed by atoms with Gasteiger partial charge in [0.2, 0.25) is 0 Å². The lowest BCUT2D eigenvalue weighted by Gasteiger charge is -2.29. The predicted molar refractivity (Wildman–Crippen MR) is 292 cm³/mol. The van der Waals surface area contributed by atoms with Crippen molar-refractivity contribution in [1.29, 1.82) is 0 Å². The highest BCUT2D eigenvalue weighted by molar-refractivity contribution is 6.32. The van der Waals surface area contributed by atoms with Crippen LogP contribution in [0.4, 0.5) is 17.1 Å². The summed E-state index contributed by atoms with van der Waals surface area (Å²) in [6.45, 7) is 4.77. The average Bonchev–Trinajstić information content (AvgIpc) is 3.63. The molecular weight excluding hydrogens is 819 g/mol. The second-order valence-corrected chi connectivity index (χ2v) is 19.5. The SMILES string of the molecule is CC1(C)c2ccccc2-c2ccc(N(c3cc4ccc5cccc6ccc(c3)c4c56)c3ccc4c(c3)c3ccccc3c3c(C5=CC=CCC5)cc(-c5ccccc5)c(-c5ccccc5)c43)cc21. The van der Waals surface area contributed by atoms with Crippen LogP contribution in [0.3, 0.4) is 0 Å². The standard InChI is InChI=1S/C67H47N/c1-67(2)60-28-15-14-26-53(60)54-35-33-50(40-61(54)67)68(51-37-47-31-29-45-23-16-24-46-30-32-48(38-51)63(47)62(45)46)49-34-36-56-59(39-49)52-25-12-13-27-55(52)65-58(43-19-8-4-9-20-43)41-57(42-17-6-3-7-18-42)64(66(56)65)44-21-10-5-11-22-44/h3-8,10-19,21-41H,9,20H2,1-2H3. The van der Waals surface area contributed by atoms with E-state index in [1.165, 1.54) is 120 Å². The van der Waals surface area contributed by atoms with Gasteiger partial charge in [0.15, 0.2) is 0 Å². The van der Waals surface area contributed by atoms with Crippen LogP contribution in [-0.2, 0) is 5.41 Å². The Morgan fingerprint density at radius 2 is 1.00 bits per heavy atom. The van der Waals surface area contributed by atoms with Crippen LogP contribution in [0.5, 0.6) is 0 Å². The van der Waals surface area contributed by atoms with E-state index in [1.807, 2.05) is 0 Å². The molecule has 2 aliphatic rings. The molecule has 14 rings (SSSR count). The Labute approximate surface area is 396 Å². The molecule has 0 saturated heterocycles. The third-order valence-electron chi connectivity index (χ3n) is 15.4. The molecule has 0 unspecified atom stereocenters. The number of rotatable bonds is 6. The monoisotopic (exact) mass is 865 g/mol. The molecule has 0 radical (unpaired) electrons. The van der Waals surface area contributed by atoms with Gasteiger partial charge < -0.3 is 4.90 Å². The van der Waals surface area contributed by atoms with E-state index in [-0.39, 0.29) is 5.41 Å². The van der Waals surface area contributed by atoms with Crippen LogP contribution in [0.15, 0.2) is 224 Å². The molecule has 0 spiro atoms. The molecule has 12 aromatic rings. The molecule has 0 aromatic heterocycles. The molecule has 68 heavy (non-hydrogen) atoms. The number of hydrogen-bond donors (Lipinski definition) is 0. The Hall–Kier alpha value is -8.26. The average molecular weight is 866 g/mol. The highest BCUT2D eigenvalue weighted by Crippen LogP contribution is 2.53. The number of hydrogen-bond acceptors (Lipinski definition) is 1. The predicted octanol–water partition coefficient (Wildman–Crippen LogP) is 18.9. The maximum atomic E-state index is 2.52. The van der Waals surface area contributed by atoms with E-state index in [9.17, 15) is 0 Å². The molecule has 0 bridgehead atoms. The number of benzene rings is 12. The van der Waals surface area contributed by atoms with E-state index in [0.717, 1.165) is 29.9 Å². The summed E-state index contributed by atoms with van der Waals surface area (Å²) < 4.78 is 0. The normalized spacial score (nSPS) is 14.1. The first-order valence-electron chi connectivity index (χ1n) is 24.1. The molecule has 0 atom stereocenters. The molecule has 1 nitrogen and oxygen atoms in total. The Morgan fingerprint density at radius 1 is 0.382 bits per heavy atom. The fourth-order valence-corrected chi connectivity index (χ4v) is 12.3. The number of anilines is 3. The Bertz CT molecular complexity index is 4030. The van der Waals surface area contributed by atoms with Crippen LogP contribution in [-0.4, -0.2) is 0 Å². The molecule has 2 aliphatic carbocycles. The largest absolute Gasteiger partial charge is 0.310 e. The van der Waals surface area contributed by atoms with Gasteiger partial charge >= 0.3 is 0 Å². The first-order chi connectivity index (χ1) is 33.5. The van der Waals surface area contributed by atoms with E-state index < -0.39 is 0 Å². The lowest BCUT2D eigenvalue weighted by molar-refractivity contribution is 0.660. The highest BCUT2D eigenvalue weighted by atomic mass is 15.1. The lowest BCUT2D eigenvalue weighted by atomic mass is 9.80. The van der Waals surface area contributed by atoms with Gasteiger partial charge in [-0.05, 0) is 176 Å². The van der Waals surface area contributed by atoms with Crippen LogP contribution < -0.4 is 4.90 Å². The van der Waals surface area contributed by atoms with Crippen molar-refractivity contribution in [1.82, 2.24) is 0 Å². The Morgan fingerprint density at radius 3 is 1.75 bits per heavy atom. The van der Waals surface area contributed by atoms with Crippen molar-refractivity contribution >= 4 is 87.3 Å². The van der Waals surface area contributed by atoms with E-state index in [1.54, 1.807) is 0 Å². The van der Waals surface area contributed by atoms with Crippen LogP contribution in [0.2, 0.25) is 0 Å². The summed E-state index contributed by atoms with van der Waals surface area (Å²) in [6.07, 6.45) is 8.94. The van der Waals surface area contributed by atoms with Crippen LogP contribution >= 0.6 is 0 Å². The van der Waals surface area contributed by atoms with Crippen LogP contribution in [0.1, 0.15) is 43.4 Å². The van der Waals surface area contributed by atoms with Gasteiger partial charge in [-0.1, -0.05) is 196 Å². The van der Waals surface area contributed by atoms with Gasteiger partial charge in [0.25, 0.3) is 0 Å². The maximum Gasteiger partial charge on any atom is 0.0473 e. The summed E-state index contributed by atoms with van der Waals surface area (Å²) in [6, 6.07) is 77.9. The second kappa shape index (κ2) is 14.9. The minimum Gasteiger partial charge on any atom is -0.310 e. The lowest BCUT2D eigenvalue weighted by Crippen LogP contribution is -2.16. The molecule has 0 amide bonds. The van der Waals surface area contributed by atoms with Crippen LogP contribution in [0, 0.1) is 0 Å². The first-order valence-corrected chi connectivity index (χ1v) is 24.1. The van der Waals surface area contributed by atoms with Crippen molar-refractivity contribution in [2.75, 3.05) is 4.90 Å². The van der Waals surface area contributed by atoms with Crippen molar-refractivity contribution in [3.63, 3.8) is 0 Å². The van der Waals surface area contributed by atoms with Gasteiger partial charge in [0.1, 0.15) is 0 Å². The molecule has 0 saturated carbocycles. The first kappa shape index (κ1) is 39.0. The van der Waals surface area contributed by atoms with E-state index in [0.29, 0.717) is 0 Å². The summed E-state index contributed by atoms with van der Waals surface area (Å²) in [5.41, 5.74) is 16.4. The fourth-order valence-electron chi connectivity index (χ4n) is 12.3. The van der Waals surface area contributed by atoms with E-state index in [2.05, 4.69) is 243 Å². The maximum absolute atomic E-state index is 2.52. The zero-order valence-electron chi connectivity index (χ0n) is 38.2. The molecule has 320 valence electrons. The third kappa shape index (κ3) is 5.75. The molecule has 0 aliphatic heterocycles. The van der Waals surface area contributed by atoms with Crippen molar-refractivity contribution in [2.24, 2.45) is 0 Å². The minimum absolute atomic E-state index is 0.148. The molecule has 0 heterocycles. The summed E-state index contributed by atoms with van der Waals surface area (Å²) in [5, 5.41) is 15.4. The summed E-state index contributed by atoms with van der Waals surface area (Å²) >= 11 is 0.